The third-order valence-corrected chi connectivity index (χ3v) is 2.80. The predicted molar refractivity (Wildman–Crippen MR) is 55.4 cm³/mol. The lowest BCUT2D eigenvalue weighted by Crippen LogP contribution is -2.21. The monoisotopic (exact) mass is 207 g/mol. The van der Waals surface area contributed by atoms with Crippen molar-refractivity contribution in [3.8, 4) is 0 Å². The molecule has 0 fully saturated rings. The maximum Gasteiger partial charge on any atom is 0.261 e. The number of hydrogen-bond acceptors (Lipinski definition) is 4. The number of carbonyl (C=O) groups excluding carboxylic acids is 1. The van der Waals surface area contributed by atoms with Gasteiger partial charge < -0.3 is 5.32 Å². The van der Waals surface area contributed by atoms with Crippen molar-refractivity contribution in [3.63, 3.8) is 0 Å². The number of nitrogens with one attached hydrogen (secondary N) is 1. The largest absolute Gasteiger partial charge is 0.352 e. The molecule has 2 heterocycles. The second-order valence-corrected chi connectivity index (χ2v) is 3.79. The Kier molecular flexibility index (Phi) is 2.41. The summed E-state index contributed by atoms with van der Waals surface area (Å²) in [5, 5.41) is 11.4. The number of hydrogen-bond donors (Lipinski definition) is 1. The smallest absolute Gasteiger partial charge is 0.261 e. The normalized spacial score (nSPS) is 10.4. The number of aromatic nitrogens is 2. The molecular formula is C9H9N3OS. The molecule has 14 heavy (non-hydrogen) atoms. The SMILES string of the molecule is CCNC(=O)c1cc2ccnnc2s1. The highest BCUT2D eigenvalue weighted by Crippen LogP contribution is 2.22. The first-order valence-electron chi connectivity index (χ1n) is 4.30. The zero-order chi connectivity index (χ0) is 9.97. The third kappa shape index (κ3) is 1.58. The lowest BCUT2D eigenvalue weighted by Gasteiger charge is -1.95. The molecule has 0 spiro atoms. The summed E-state index contributed by atoms with van der Waals surface area (Å²) >= 11 is 1.36. The Morgan fingerprint density at radius 3 is 3.21 bits per heavy atom. The summed E-state index contributed by atoms with van der Waals surface area (Å²) in [7, 11) is 0. The zero-order valence-electron chi connectivity index (χ0n) is 7.65. The van der Waals surface area contributed by atoms with Gasteiger partial charge in [0.1, 0.15) is 4.83 Å². The van der Waals surface area contributed by atoms with Gasteiger partial charge in [0.05, 0.1) is 11.1 Å². The average molecular weight is 207 g/mol. The van der Waals surface area contributed by atoms with Crippen molar-refractivity contribution >= 4 is 27.5 Å². The van der Waals surface area contributed by atoms with E-state index in [1.165, 1.54) is 11.3 Å². The molecule has 72 valence electrons. The van der Waals surface area contributed by atoms with Crippen molar-refractivity contribution in [2.24, 2.45) is 0 Å². The summed E-state index contributed by atoms with van der Waals surface area (Å²) in [6.45, 7) is 2.53. The van der Waals surface area contributed by atoms with Crippen LogP contribution in [0.4, 0.5) is 0 Å². The molecule has 2 rings (SSSR count). The maximum atomic E-state index is 11.5. The second-order valence-electron chi connectivity index (χ2n) is 2.76. The minimum Gasteiger partial charge on any atom is -0.352 e. The van der Waals surface area contributed by atoms with Crippen LogP contribution >= 0.6 is 11.3 Å². The zero-order valence-corrected chi connectivity index (χ0v) is 8.47. The summed E-state index contributed by atoms with van der Waals surface area (Å²) in [5.41, 5.74) is 0. The third-order valence-electron chi connectivity index (χ3n) is 1.77. The molecule has 4 nitrogen and oxygen atoms in total. The molecule has 0 saturated carbocycles. The Morgan fingerprint density at radius 2 is 2.50 bits per heavy atom. The quantitative estimate of drug-likeness (QED) is 0.810. The van der Waals surface area contributed by atoms with E-state index in [2.05, 4.69) is 15.5 Å². The minimum absolute atomic E-state index is 0.0458. The molecule has 5 heteroatoms. The van der Waals surface area contributed by atoms with Crippen molar-refractivity contribution in [2.75, 3.05) is 6.54 Å². The van der Waals surface area contributed by atoms with Crippen LogP contribution < -0.4 is 5.32 Å². The number of fused-ring (bicyclic) bond motifs is 1. The molecule has 0 radical (unpaired) electrons. The van der Waals surface area contributed by atoms with Gasteiger partial charge in [-0.1, -0.05) is 0 Å². The molecule has 2 aromatic rings. The first-order chi connectivity index (χ1) is 6.81. The molecule has 0 bridgehead atoms. The number of carbonyl (C=O) groups is 1. The second kappa shape index (κ2) is 3.71. The van der Waals surface area contributed by atoms with Gasteiger partial charge in [-0.2, -0.15) is 5.10 Å². The Balaban J connectivity index is 2.40. The summed E-state index contributed by atoms with van der Waals surface area (Å²) in [4.78, 5) is 12.9. The topological polar surface area (TPSA) is 54.9 Å². The van der Waals surface area contributed by atoms with Gasteiger partial charge in [0.2, 0.25) is 0 Å². The highest BCUT2D eigenvalue weighted by molar-refractivity contribution is 7.20. The van der Waals surface area contributed by atoms with Gasteiger partial charge in [-0.3, -0.25) is 4.79 Å². The van der Waals surface area contributed by atoms with E-state index in [9.17, 15) is 4.79 Å². The number of thiophene rings is 1. The highest BCUT2D eigenvalue weighted by Gasteiger charge is 2.09. The van der Waals surface area contributed by atoms with Crippen LogP contribution in [0.3, 0.4) is 0 Å². The molecule has 0 aliphatic heterocycles. The van der Waals surface area contributed by atoms with E-state index in [0.29, 0.717) is 11.4 Å². The van der Waals surface area contributed by atoms with Gasteiger partial charge in [0.25, 0.3) is 5.91 Å². The van der Waals surface area contributed by atoms with Gasteiger partial charge in [-0.05, 0) is 19.1 Å². The van der Waals surface area contributed by atoms with E-state index < -0.39 is 0 Å². The molecule has 1 N–H and O–H groups in total. The number of nitrogens with zero attached hydrogens (tertiary/aromatic N) is 2. The Hall–Kier alpha value is -1.49. The van der Waals surface area contributed by atoms with Crippen LogP contribution in [0.5, 0.6) is 0 Å². The van der Waals surface area contributed by atoms with Crippen molar-refractivity contribution in [1.82, 2.24) is 15.5 Å². The van der Waals surface area contributed by atoms with E-state index >= 15 is 0 Å². The Bertz CT molecular complexity index is 433. The average Bonchev–Trinajstić information content (AvgIpc) is 2.61. The van der Waals surface area contributed by atoms with E-state index in [0.717, 1.165) is 10.2 Å². The van der Waals surface area contributed by atoms with Crippen molar-refractivity contribution in [2.45, 2.75) is 6.92 Å². The summed E-state index contributed by atoms with van der Waals surface area (Å²) in [6.07, 6.45) is 1.62. The fraction of sp³-hybridized carbons (Fsp3) is 0.222. The molecule has 0 atom stereocenters. The molecular weight excluding hydrogens is 198 g/mol. The van der Waals surface area contributed by atoms with Gasteiger partial charge in [-0.15, -0.1) is 16.4 Å². The first kappa shape index (κ1) is 9.08. The maximum absolute atomic E-state index is 11.5. The van der Waals surface area contributed by atoms with Crippen molar-refractivity contribution in [3.05, 3.63) is 23.2 Å². The molecule has 0 aliphatic carbocycles. The molecule has 2 aromatic heterocycles. The van der Waals surface area contributed by atoms with E-state index in [-0.39, 0.29) is 5.91 Å². The molecule has 0 unspecified atom stereocenters. The van der Waals surface area contributed by atoms with Crippen LogP contribution in [-0.2, 0) is 0 Å². The predicted octanol–water partition coefficient (Wildman–Crippen LogP) is 1.44. The van der Waals surface area contributed by atoms with Crippen molar-refractivity contribution < 1.29 is 4.79 Å². The van der Waals surface area contributed by atoms with Crippen LogP contribution in [0, 0.1) is 0 Å². The van der Waals surface area contributed by atoms with Gasteiger partial charge >= 0.3 is 0 Å². The summed E-state index contributed by atoms with van der Waals surface area (Å²) in [6, 6.07) is 3.68. The molecule has 0 aliphatic rings. The van der Waals surface area contributed by atoms with E-state index in [1.54, 1.807) is 6.20 Å². The summed E-state index contributed by atoms with van der Waals surface area (Å²) < 4.78 is 0. The van der Waals surface area contributed by atoms with E-state index in [4.69, 9.17) is 0 Å². The van der Waals surface area contributed by atoms with Gasteiger partial charge in [0, 0.05) is 11.9 Å². The number of amides is 1. The van der Waals surface area contributed by atoms with Crippen LogP contribution in [0.15, 0.2) is 18.3 Å². The Labute approximate surface area is 85.0 Å². The molecule has 0 aromatic carbocycles. The minimum atomic E-state index is -0.0458. The van der Waals surface area contributed by atoms with Crippen molar-refractivity contribution in [1.29, 1.82) is 0 Å². The highest BCUT2D eigenvalue weighted by atomic mass is 32.1. The van der Waals surface area contributed by atoms with Crippen LogP contribution in [0.25, 0.3) is 10.2 Å². The fourth-order valence-corrected chi connectivity index (χ4v) is 2.04. The van der Waals surface area contributed by atoms with Crippen LogP contribution in [0.1, 0.15) is 16.6 Å². The molecule has 0 saturated heterocycles. The van der Waals surface area contributed by atoms with Crippen LogP contribution in [0.2, 0.25) is 0 Å². The van der Waals surface area contributed by atoms with Gasteiger partial charge in [-0.25, -0.2) is 0 Å². The summed E-state index contributed by atoms with van der Waals surface area (Å²) in [5.74, 6) is -0.0458. The van der Waals surface area contributed by atoms with Crippen LogP contribution in [-0.4, -0.2) is 22.6 Å². The number of rotatable bonds is 2. The first-order valence-corrected chi connectivity index (χ1v) is 5.12. The standard InChI is InChI=1S/C9H9N3OS/c1-2-10-8(13)7-5-6-3-4-11-12-9(6)14-7/h3-5H,2H2,1H3,(H,10,13). The van der Waals surface area contributed by atoms with Gasteiger partial charge in [0.15, 0.2) is 0 Å². The van der Waals surface area contributed by atoms with E-state index in [1.807, 2.05) is 19.1 Å². The lowest BCUT2D eigenvalue weighted by atomic mass is 10.3. The lowest BCUT2D eigenvalue weighted by molar-refractivity contribution is 0.0960. The fourth-order valence-electron chi connectivity index (χ4n) is 1.15. The Morgan fingerprint density at radius 1 is 1.64 bits per heavy atom. The molecule has 1 amide bonds.